The van der Waals surface area contributed by atoms with Gasteiger partial charge in [-0.15, -0.1) is 0 Å². The Balaban J connectivity index is 1.41. The van der Waals surface area contributed by atoms with Gasteiger partial charge in [-0.05, 0) is 62.1 Å². The van der Waals surface area contributed by atoms with Crippen molar-refractivity contribution >= 4 is 17.3 Å². The molecule has 39 heavy (non-hydrogen) atoms. The Kier molecular flexibility index (Phi) is 5.13. The van der Waals surface area contributed by atoms with E-state index in [0.717, 1.165) is 30.5 Å². The van der Waals surface area contributed by atoms with E-state index in [9.17, 15) is 14.0 Å². The highest BCUT2D eigenvalue weighted by Gasteiger charge is 2.29. The van der Waals surface area contributed by atoms with E-state index in [0.29, 0.717) is 52.5 Å². The molecule has 9 nitrogen and oxygen atoms in total. The van der Waals surface area contributed by atoms with Crippen LogP contribution in [0.3, 0.4) is 0 Å². The van der Waals surface area contributed by atoms with Gasteiger partial charge < -0.3 is 4.90 Å². The molecule has 0 radical (unpaired) electrons. The molecule has 198 valence electrons. The molecule has 1 saturated carbocycles. The van der Waals surface area contributed by atoms with Gasteiger partial charge in [0.05, 0.1) is 46.8 Å². The molecule has 5 aromatic rings. The predicted molar refractivity (Wildman–Crippen MR) is 140 cm³/mol. The zero-order valence-electron chi connectivity index (χ0n) is 21.4. The Bertz CT molecular complexity index is 1830. The summed E-state index contributed by atoms with van der Waals surface area (Å²) >= 11 is 0. The smallest absolute Gasteiger partial charge is 0.338 e. The molecule has 1 amide bonds. The minimum Gasteiger partial charge on any atom is -0.340 e. The van der Waals surface area contributed by atoms with Crippen LogP contribution >= 0.6 is 0 Å². The predicted octanol–water partition coefficient (Wildman–Crippen LogP) is 3.91. The standard InChI is InChI=1S/C28H25F2N7O2/c1-16-11-19(12-17(2)25(16)29)37-27(21-14-33(15-38)8-7-22(21)32-37)35-10-9-34(28(35)39)24-6-5-23-20(26(24)30)13-31-36(23)18-3-4-18/h5-6,9-13,15,18H,3-4,7-8,14H2,1-2H3. The van der Waals surface area contributed by atoms with Gasteiger partial charge in [-0.25, -0.2) is 18.3 Å². The van der Waals surface area contributed by atoms with Crippen LogP contribution in [0.1, 0.15) is 41.3 Å². The molecule has 7 rings (SSSR count). The Morgan fingerprint density at radius 3 is 2.49 bits per heavy atom. The minimum absolute atomic E-state index is 0.115. The van der Waals surface area contributed by atoms with Crippen molar-refractivity contribution in [3.63, 3.8) is 0 Å². The fourth-order valence-corrected chi connectivity index (χ4v) is 5.54. The monoisotopic (exact) mass is 529 g/mol. The van der Waals surface area contributed by atoms with E-state index < -0.39 is 11.5 Å². The quantitative estimate of drug-likeness (QED) is 0.323. The molecule has 1 fully saturated rings. The summed E-state index contributed by atoms with van der Waals surface area (Å²) in [5, 5.41) is 9.51. The second-order valence-electron chi connectivity index (χ2n) is 10.4. The first-order valence-electron chi connectivity index (χ1n) is 12.9. The van der Waals surface area contributed by atoms with Gasteiger partial charge in [-0.3, -0.25) is 18.6 Å². The number of hydrogen-bond donors (Lipinski definition) is 0. The van der Waals surface area contributed by atoms with Crippen molar-refractivity contribution < 1.29 is 13.6 Å². The summed E-state index contributed by atoms with van der Waals surface area (Å²) in [4.78, 5) is 27.1. The molecule has 1 aliphatic heterocycles. The van der Waals surface area contributed by atoms with Crippen LogP contribution in [0.25, 0.3) is 28.1 Å². The molecular formula is C28H25F2N7O2. The number of carbonyl (C=O) groups excluding carboxylic acids is 1. The lowest BCUT2D eigenvalue weighted by Gasteiger charge is -2.22. The van der Waals surface area contributed by atoms with Gasteiger partial charge in [0.2, 0.25) is 6.41 Å². The normalized spacial score (nSPS) is 15.2. The number of imidazole rings is 1. The highest BCUT2D eigenvalue weighted by Crippen LogP contribution is 2.37. The number of rotatable bonds is 5. The van der Waals surface area contributed by atoms with Crippen molar-refractivity contribution in [3.8, 4) is 17.2 Å². The molecule has 1 aliphatic carbocycles. The SMILES string of the molecule is Cc1cc(-n2nc3c(c2-n2ccn(-c4ccc5c(cnn5C5CC5)c4F)c2=O)CN(C=O)CC3)cc(C)c1F. The number of carbonyl (C=O) groups is 1. The third-order valence-electron chi connectivity index (χ3n) is 7.70. The average Bonchev–Trinajstić information content (AvgIpc) is 3.40. The van der Waals surface area contributed by atoms with Gasteiger partial charge in [0.15, 0.2) is 5.82 Å². The Morgan fingerprint density at radius 2 is 1.77 bits per heavy atom. The highest BCUT2D eigenvalue weighted by molar-refractivity contribution is 5.82. The van der Waals surface area contributed by atoms with Crippen molar-refractivity contribution in [2.24, 2.45) is 0 Å². The first-order valence-corrected chi connectivity index (χ1v) is 12.9. The Labute approximate surface area is 221 Å². The van der Waals surface area contributed by atoms with Gasteiger partial charge in [0.1, 0.15) is 11.6 Å². The van der Waals surface area contributed by atoms with Crippen molar-refractivity contribution in [2.75, 3.05) is 6.54 Å². The molecule has 0 bridgehead atoms. The topological polar surface area (TPSA) is 82.9 Å². The number of halogens is 2. The van der Waals surface area contributed by atoms with Gasteiger partial charge in [-0.1, -0.05) is 0 Å². The van der Waals surface area contributed by atoms with Gasteiger partial charge in [0, 0.05) is 30.9 Å². The Hall–Kier alpha value is -4.54. The van der Waals surface area contributed by atoms with Crippen molar-refractivity contribution in [1.82, 2.24) is 33.6 Å². The highest BCUT2D eigenvalue weighted by atomic mass is 19.1. The summed E-state index contributed by atoms with van der Waals surface area (Å²) in [6.07, 6.45) is 7.92. The summed E-state index contributed by atoms with van der Waals surface area (Å²) in [7, 11) is 0. The largest absolute Gasteiger partial charge is 0.340 e. The van der Waals surface area contributed by atoms with Crippen LogP contribution in [0.15, 0.2) is 47.7 Å². The number of aryl methyl sites for hydroxylation is 2. The van der Waals surface area contributed by atoms with Gasteiger partial charge in [0.25, 0.3) is 0 Å². The summed E-state index contributed by atoms with van der Waals surface area (Å²) < 4.78 is 36.3. The molecular weight excluding hydrogens is 504 g/mol. The molecule has 0 spiro atoms. The van der Waals surface area contributed by atoms with E-state index in [1.54, 1.807) is 53.9 Å². The van der Waals surface area contributed by atoms with Crippen LogP contribution in [-0.2, 0) is 17.8 Å². The zero-order valence-corrected chi connectivity index (χ0v) is 21.4. The summed E-state index contributed by atoms with van der Waals surface area (Å²) in [5.41, 5.74) is 3.28. The van der Waals surface area contributed by atoms with Crippen molar-refractivity contribution in [2.45, 2.75) is 45.7 Å². The van der Waals surface area contributed by atoms with E-state index in [2.05, 4.69) is 5.10 Å². The third kappa shape index (κ3) is 3.56. The van der Waals surface area contributed by atoms with Crippen LogP contribution in [0.4, 0.5) is 8.78 Å². The van der Waals surface area contributed by atoms with Crippen molar-refractivity contribution in [3.05, 3.63) is 87.4 Å². The average molecular weight is 530 g/mol. The molecule has 0 N–H and O–H groups in total. The molecule has 3 aromatic heterocycles. The van der Waals surface area contributed by atoms with Crippen LogP contribution in [0.2, 0.25) is 0 Å². The second kappa shape index (κ2) is 8.48. The molecule has 2 aromatic carbocycles. The molecule has 0 unspecified atom stereocenters. The van der Waals surface area contributed by atoms with Crippen molar-refractivity contribution in [1.29, 1.82) is 0 Å². The molecule has 0 atom stereocenters. The number of aromatic nitrogens is 6. The van der Waals surface area contributed by atoms with Gasteiger partial charge in [-0.2, -0.15) is 10.2 Å². The lowest BCUT2D eigenvalue weighted by Crippen LogP contribution is -2.30. The molecule has 11 heteroatoms. The lowest BCUT2D eigenvalue weighted by molar-refractivity contribution is -0.118. The zero-order chi connectivity index (χ0) is 27.0. The summed E-state index contributed by atoms with van der Waals surface area (Å²) in [6, 6.07) is 7.04. The lowest BCUT2D eigenvalue weighted by atomic mass is 10.1. The minimum atomic E-state index is -0.522. The van der Waals surface area contributed by atoms with Crippen LogP contribution in [0.5, 0.6) is 0 Å². The van der Waals surface area contributed by atoms with E-state index in [1.165, 1.54) is 21.5 Å². The van der Waals surface area contributed by atoms with Crippen LogP contribution in [0, 0.1) is 25.5 Å². The van der Waals surface area contributed by atoms with Crippen LogP contribution in [-0.4, -0.2) is 46.5 Å². The fourth-order valence-electron chi connectivity index (χ4n) is 5.54. The van der Waals surface area contributed by atoms with E-state index >= 15 is 4.39 Å². The maximum absolute atomic E-state index is 15.7. The molecule has 4 heterocycles. The number of fused-ring (bicyclic) bond motifs is 2. The first-order chi connectivity index (χ1) is 18.9. The molecule has 0 saturated heterocycles. The maximum Gasteiger partial charge on any atom is 0.338 e. The maximum atomic E-state index is 15.7. The van der Waals surface area contributed by atoms with E-state index in [4.69, 9.17) is 5.10 Å². The van der Waals surface area contributed by atoms with E-state index in [1.807, 2.05) is 4.68 Å². The molecule has 2 aliphatic rings. The number of nitrogens with zero attached hydrogens (tertiary/aromatic N) is 7. The first kappa shape index (κ1) is 23.6. The summed E-state index contributed by atoms with van der Waals surface area (Å²) in [6.45, 7) is 4.13. The van der Waals surface area contributed by atoms with E-state index in [-0.39, 0.29) is 18.0 Å². The second-order valence-corrected chi connectivity index (χ2v) is 10.4. The van der Waals surface area contributed by atoms with Crippen LogP contribution < -0.4 is 5.69 Å². The third-order valence-corrected chi connectivity index (χ3v) is 7.70. The number of benzene rings is 2. The number of hydrogen-bond acceptors (Lipinski definition) is 4. The summed E-state index contributed by atoms with van der Waals surface area (Å²) in [5.74, 6) is -0.385. The van der Waals surface area contributed by atoms with Gasteiger partial charge >= 0.3 is 5.69 Å². The number of amides is 1. The Morgan fingerprint density at radius 1 is 1.03 bits per heavy atom. The fraction of sp³-hybridized carbons (Fsp3) is 0.286.